The lowest BCUT2D eigenvalue weighted by molar-refractivity contribution is 0.409. The van der Waals surface area contributed by atoms with E-state index in [0.29, 0.717) is 39.9 Å². The Morgan fingerprint density at radius 2 is 0.809 bits per heavy atom. The first-order chi connectivity index (χ1) is 32.0. The molecule has 0 fully saturated rings. The SMILES string of the molecule is COc1cc(-c2cc(OC)cc(C(C)(C)C)c2Op2oc3c(C(C)(C)C)cc(OC)cc3c3cc(OC)cc(C(C)(C)C)c3o2)c(OP2c3ccccc3-c3ccccc3N2C)c(C(C)(C)C)c1. The van der Waals surface area contributed by atoms with Gasteiger partial charge in [-0.25, -0.2) is 0 Å². The molecule has 1 unspecified atom stereocenters. The second kappa shape index (κ2) is 18.0. The van der Waals surface area contributed by atoms with Crippen LogP contribution in [0, 0.1) is 0 Å². The normalized spacial score (nSPS) is 14.1. The van der Waals surface area contributed by atoms with Crippen LogP contribution in [0.3, 0.4) is 0 Å². The number of ether oxygens (including phenoxy) is 4. The smallest absolute Gasteiger partial charge is 0.453 e. The number of hydrogen-bond donors (Lipinski definition) is 0. The van der Waals surface area contributed by atoms with Crippen molar-refractivity contribution in [2.75, 3.05) is 40.2 Å². The standard InChI is InChI=1S/C57H67NO8P2/c1-54(2,3)44-30-34(59-14)26-40(50(44)63-67-49-25-21-19-23-39(49)38-22-18-20-24-48(38)58(67)13)41-27-35(60-15)31-45(55(4,5)6)51(41)64-68-65-52-42(28-36(61-16)32-46(52)56(7,8)9)43-29-37(62-17)33-47(53(43)66-68)57(10,11)12/h18-33H,1-17H3. The molecule has 0 spiro atoms. The van der Waals surface area contributed by atoms with Gasteiger partial charge in [0.1, 0.15) is 45.7 Å². The van der Waals surface area contributed by atoms with E-state index in [1.54, 1.807) is 28.4 Å². The predicted molar refractivity (Wildman–Crippen MR) is 283 cm³/mol. The van der Waals surface area contributed by atoms with Crippen LogP contribution in [0.4, 0.5) is 5.69 Å². The van der Waals surface area contributed by atoms with Gasteiger partial charge < -0.3 is 41.1 Å². The molecule has 8 rings (SSSR count). The van der Waals surface area contributed by atoms with E-state index in [9.17, 15) is 0 Å². The lowest BCUT2D eigenvalue weighted by Gasteiger charge is -2.38. The predicted octanol–water partition coefficient (Wildman–Crippen LogP) is 16.2. The van der Waals surface area contributed by atoms with Crippen LogP contribution in [0.1, 0.15) is 105 Å². The molecule has 0 N–H and O–H groups in total. The van der Waals surface area contributed by atoms with Gasteiger partial charge in [-0.05, 0) is 87.9 Å². The highest BCUT2D eigenvalue weighted by Gasteiger charge is 2.36. The van der Waals surface area contributed by atoms with Gasteiger partial charge in [-0.3, -0.25) is 0 Å². The van der Waals surface area contributed by atoms with Crippen molar-refractivity contribution in [3.8, 4) is 56.8 Å². The molecule has 68 heavy (non-hydrogen) atoms. The Bertz CT molecular complexity index is 3010. The fourth-order valence-corrected chi connectivity index (χ4v) is 11.9. The number of methoxy groups -OCH3 is 4. The Hall–Kier alpha value is -5.75. The molecular formula is C57H67NO8P2. The average Bonchev–Trinajstić information content (AvgIpc) is 3.44. The van der Waals surface area contributed by atoms with Crippen molar-refractivity contribution in [2.24, 2.45) is 0 Å². The Balaban J connectivity index is 1.49. The van der Waals surface area contributed by atoms with E-state index in [4.69, 9.17) is 36.4 Å². The number of anilines is 1. The monoisotopic (exact) mass is 955 g/mol. The molecule has 1 aliphatic rings. The number of rotatable bonds is 9. The van der Waals surface area contributed by atoms with E-state index in [2.05, 4.69) is 174 Å². The van der Waals surface area contributed by atoms with E-state index in [1.165, 1.54) is 5.56 Å². The van der Waals surface area contributed by atoms with Crippen LogP contribution >= 0.6 is 16.5 Å². The Kier molecular flexibility index (Phi) is 12.9. The van der Waals surface area contributed by atoms with Crippen molar-refractivity contribution in [1.82, 2.24) is 0 Å². The summed E-state index contributed by atoms with van der Waals surface area (Å²) in [4.78, 5) is 0. The molecule has 0 aliphatic carbocycles. The maximum absolute atomic E-state index is 7.66. The summed E-state index contributed by atoms with van der Waals surface area (Å²) in [7, 11) is 5.28. The van der Waals surface area contributed by atoms with Gasteiger partial charge in [-0.2, -0.15) is 0 Å². The van der Waals surface area contributed by atoms with Gasteiger partial charge >= 0.3 is 8.24 Å². The molecule has 6 aromatic carbocycles. The number of para-hydroxylation sites is 1. The molecule has 0 amide bonds. The fourth-order valence-electron chi connectivity index (χ4n) is 8.89. The zero-order chi connectivity index (χ0) is 49.2. The molecule has 11 heteroatoms. The Labute approximate surface area is 405 Å². The average molecular weight is 956 g/mol. The van der Waals surface area contributed by atoms with E-state index in [0.717, 1.165) is 66.5 Å². The summed E-state index contributed by atoms with van der Waals surface area (Å²) >= 11 is 0. The zero-order valence-electron chi connectivity index (χ0n) is 42.8. The third kappa shape index (κ3) is 9.12. The van der Waals surface area contributed by atoms with E-state index < -0.39 is 22.0 Å². The molecule has 0 bridgehead atoms. The Morgan fingerprint density at radius 1 is 0.426 bits per heavy atom. The number of nitrogens with zero attached hydrogens (tertiary/aromatic N) is 1. The largest absolute Gasteiger partial charge is 0.497 e. The first kappa shape index (κ1) is 48.7. The second-order valence-electron chi connectivity index (χ2n) is 21.6. The van der Waals surface area contributed by atoms with Crippen LogP contribution in [0.2, 0.25) is 0 Å². The molecule has 1 atom stereocenters. The minimum atomic E-state index is -2.22. The zero-order valence-corrected chi connectivity index (χ0v) is 44.6. The topological polar surface area (TPSA) is 84.9 Å². The van der Waals surface area contributed by atoms with Crippen LogP contribution in [-0.4, -0.2) is 35.5 Å². The van der Waals surface area contributed by atoms with Crippen molar-refractivity contribution in [1.29, 1.82) is 0 Å². The van der Waals surface area contributed by atoms with E-state index >= 15 is 0 Å². The highest BCUT2D eigenvalue weighted by molar-refractivity contribution is 7.63. The summed E-state index contributed by atoms with van der Waals surface area (Å²) < 4.78 is 56.2. The van der Waals surface area contributed by atoms with Gasteiger partial charge in [0.05, 0.1) is 34.1 Å². The first-order valence-corrected chi connectivity index (χ1v) is 25.4. The van der Waals surface area contributed by atoms with Gasteiger partial charge in [0.25, 0.3) is 0 Å². The molecule has 0 radical (unpaired) electrons. The lowest BCUT2D eigenvalue weighted by atomic mass is 9.81. The summed E-state index contributed by atoms with van der Waals surface area (Å²) in [5.74, 6) is 4.07. The molecule has 9 nitrogen and oxygen atoms in total. The van der Waals surface area contributed by atoms with Gasteiger partial charge in [0.2, 0.25) is 8.30 Å². The van der Waals surface area contributed by atoms with Crippen LogP contribution in [0.5, 0.6) is 34.5 Å². The highest BCUT2D eigenvalue weighted by atomic mass is 31.2. The molecule has 2 heterocycles. The minimum absolute atomic E-state index is 0.360. The number of hydrogen-bond acceptors (Lipinski definition) is 9. The fraction of sp³-hybridized carbons (Fsp3) is 0.368. The summed E-state index contributed by atoms with van der Waals surface area (Å²) in [5.41, 5.74) is 8.50. The summed E-state index contributed by atoms with van der Waals surface area (Å²) in [6.45, 7) is 26.2. The molecule has 7 aromatic rings. The quantitative estimate of drug-likeness (QED) is 0.131. The van der Waals surface area contributed by atoms with Gasteiger partial charge in [0.15, 0.2) is 0 Å². The lowest BCUT2D eigenvalue weighted by Crippen LogP contribution is -2.28. The summed E-state index contributed by atoms with van der Waals surface area (Å²) in [6.07, 6.45) is 0. The third-order valence-electron chi connectivity index (χ3n) is 12.6. The summed E-state index contributed by atoms with van der Waals surface area (Å²) in [6, 6.07) is 33.5. The molecular weight excluding hydrogens is 889 g/mol. The molecule has 1 aliphatic heterocycles. The summed E-state index contributed by atoms with van der Waals surface area (Å²) in [5, 5.41) is 2.78. The maximum atomic E-state index is 7.66. The molecule has 0 saturated carbocycles. The first-order valence-electron chi connectivity index (χ1n) is 23.1. The maximum Gasteiger partial charge on any atom is 0.453 e. The van der Waals surface area contributed by atoms with Crippen molar-refractivity contribution in [3.63, 3.8) is 0 Å². The van der Waals surface area contributed by atoms with Crippen LogP contribution in [0.25, 0.3) is 44.2 Å². The van der Waals surface area contributed by atoms with Crippen molar-refractivity contribution >= 4 is 49.5 Å². The second-order valence-corrected chi connectivity index (χ2v) is 24.4. The van der Waals surface area contributed by atoms with Crippen molar-refractivity contribution in [2.45, 2.75) is 105 Å². The van der Waals surface area contributed by atoms with Gasteiger partial charge in [-0.1, -0.05) is 119 Å². The van der Waals surface area contributed by atoms with E-state index in [-0.39, 0.29) is 16.2 Å². The Morgan fingerprint density at radius 3 is 1.25 bits per heavy atom. The van der Waals surface area contributed by atoms with Crippen molar-refractivity contribution in [3.05, 3.63) is 119 Å². The van der Waals surface area contributed by atoms with Crippen molar-refractivity contribution < 1.29 is 36.4 Å². The van der Waals surface area contributed by atoms with Gasteiger partial charge in [0, 0.05) is 62.1 Å². The van der Waals surface area contributed by atoms with E-state index in [1.807, 2.05) is 18.2 Å². The molecule has 0 saturated heterocycles. The molecule has 358 valence electrons. The minimum Gasteiger partial charge on any atom is -0.497 e. The number of fused-ring (bicyclic) bond motifs is 6. The van der Waals surface area contributed by atoms with Gasteiger partial charge in [-0.15, -0.1) is 0 Å². The van der Waals surface area contributed by atoms with Crippen LogP contribution in [0.15, 0.2) is 105 Å². The van der Waals surface area contributed by atoms with Crippen LogP contribution < -0.4 is 38.0 Å². The molecule has 1 aromatic heterocycles. The highest BCUT2D eigenvalue weighted by Crippen LogP contribution is 2.58. The van der Waals surface area contributed by atoms with Crippen LogP contribution in [-0.2, 0) is 21.7 Å². The third-order valence-corrected chi connectivity index (χ3v) is 15.5. The number of benzene rings is 6.